The summed E-state index contributed by atoms with van der Waals surface area (Å²) in [5.41, 5.74) is 2.23. The van der Waals surface area contributed by atoms with Crippen LogP contribution < -0.4 is 10.1 Å². The molecule has 1 fully saturated rings. The third-order valence-electron chi connectivity index (χ3n) is 4.62. The van der Waals surface area contributed by atoms with Crippen LogP contribution in [-0.4, -0.2) is 50.3 Å². The lowest BCUT2D eigenvalue weighted by Crippen LogP contribution is -2.44. The van der Waals surface area contributed by atoms with Crippen LogP contribution in [0.5, 0.6) is 5.75 Å². The summed E-state index contributed by atoms with van der Waals surface area (Å²) in [5.74, 6) is 0.637. The van der Waals surface area contributed by atoms with Crippen LogP contribution >= 0.6 is 0 Å². The van der Waals surface area contributed by atoms with Gasteiger partial charge >= 0.3 is 0 Å². The van der Waals surface area contributed by atoms with Gasteiger partial charge in [0.15, 0.2) is 6.61 Å². The molecule has 5 heteroatoms. The lowest BCUT2D eigenvalue weighted by Gasteiger charge is -2.34. The molecular weight excluding hydrogens is 328 g/mol. The third kappa shape index (κ3) is 5.07. The highest BCUT2D eigenvalue weighted by Gasteiger charge is 2.23. The average molecular weight is 354 g/mol. The molecule has 1 heterocycles. The zero-order chi connectivity index (χ0) is 18.2. The largest absolute Gasteiger partial charge is 0.484 e. The Morgan fingerprint density at radius 1 is 1.12 bits per heavy atom. The number of hydrogen-bond donors (Lipinski definition) is 1. The van der Waals surface area contributed by atoms with Gasteiger partial charge in [-0.25, -0.2) is 0 Å². The van der Waals surface area contributed by atoms with E-state index in [9.17, 15) is 4.79 Å². The van der Waals surface area contributed by atoms with Crippen LogP contribution in [0.1, 0.15) is 17.2 Å². The number of hydrogen-bond acceptors (Lipinski definition) is 4. The van der Waals surface area contributed by atoms with Crippen LogP contribution in [0.4, 0.5) is 0 Å². The van der Waals surface area contributed by atoms with Gasteiger partial charge in [0.05, 0.1) is 19.3 Å². The first-order valence-electron chi connectivity index (χ1n) is 9.06. The maximum Gasteiger partial charge on any atom is 0.258 e. The number of carbonyl (C=O) groups excluding carboxylic acids is 1. The minimum Gasteiger partial charge on any atom is -0.484 e. The summed E-state index contributed by atoms with van der Waals surface area (Å²) in [6.45, 7) is 5.75. The summed E-state index contributed by atoms with van der Waals surface area (Å²) < 4.78 is 11.1. The second-order valence-electron chi connectivity index (χ2n) is 6.43. The predicted octanol–water partition coefficient (Wildman–Crippen LogP) is 2.56. The van der Waals surface area contributed by atoms with Gasteiger partial charge in [-0.05, 0) is 24.1 Å². The number of nitrogens with one attached hydrogen (secondary N) is 1. The van der Waals surface area contributed by atoms with Gasteiger partial charge in [0.2, 0.25) is 0 Å². The second-order valence-corrected chi connectivity index (χ2v) is 6.43. The summed E-state index contributed by atoms with van der Waals surface area (Å²) >= 11 is 0. The van der Waals surface area contributed by atoms with E-state index in [0.717, 1.165) is 37.6 Å². The molecule has 1 amide bonds. The molecule has 26 heavy (non-hydrogen) atoms. The zero-order valence-electron chi connectivity index (χ0n) is 15.2. The number of morpholine rings is 1. The van der Waals surface area contributed by atoms with Crippen molar-refractivity contribution in [1.82, 2.24) is 10.2 Å². The SMILES string of the molecule is Cc1ccccc1OCC(=O)NC[C@@H](c1ccccc1)N1CCOCC1. The monoisotopic (exact) mass is 354 g/mol. The molecule has 5 nitrogen and oxygen atoms in total. The van der Waals surface area contributed by atoms with E-state index in [1.807, 2.05) is 49.4 Å². The Bertz CT molecular complexity index is 699. The number of ether oxygens (including phenoxy) is 2. The summed E-state index contributed by atoms with van der Waals surface area (Å²) in [7, 11) is 0. The zero-order valence-corrected chi connectivity index (χ0v) is 15.2. The molecule has 0 saturated carbocycles. The number of amides is 1. The smallest absolute Gasteiger partial charge is 0.258 e. The van der Waals surface area contributed by atoms with E-state index < -0.39 is 0 Å². The maximum atomic E-state index is 12.3. The highest BCUT2D eigenvalue weighted by molar-refractivity contribution is 5.77. The Morgan fingerprint density at radius 3 is 2.54 bits per heavy atom. The molecule has 0 spiro atoms. The van der Waals surface area contributed by atoms with Gasteiger partial charge in [-0.3, -0.25) is 9.69 Å². The van der Waals surface area contributed by atoms with Gasteiger partial charge in [-0.15, -0.1) is 0 Å². The first-order chi connectivity index (χ1) is 12.7. The van der Waals surface area contributed by atoms with Crippen molar-refractivity contribution < 1.29 is 14.3 Å². The fourth-order valence-corrected chi connectivity index (χ4v) is 3.15. The molecule has 2 aromatic carbocycles. The number of nitrogens with zero attached hydrogens (tertiary/aromatic N) is 1. The number of carbonyl (C=O) groups is 1. The van der Waals surface area contributed by atoms with Gasteiger partial charge in [-0.2, -0.15) is 0 Å². The molecule has 0 aromatic heterocycles. The van der Waals surface area contributed by atoms with E-state index in [1.165, 1.54) is 5.56 Å². The summed E-state index contributed by atoms with van der Waals surface area (Å²) in [6.07, 6.45) is 0. The van der Waals surface area contributed by atoms with E-state index in [2.05, 4.69) is 22.3 Å². The van der Waals surface area contributed by atoms with Crippen LogP contribution in [0.25, 0.3) is 0 Å². The highest BCUT2D eigenvalue weighted by atomic mass is 16.5. The first kappa shape index (κ1) is 18.4. The lowest BCUT2D eigenvalue weighted by molar-refractivity contribution is -0.123. The minimum absolute atomic E-state index is 0.0233. The summed E-state index contributed by atoms with van der Waals surface area (Å²) in [6, 6.07) is 18.1. The van der Waals surface area contributed by atoms with Crippen molar-refractivity contribution in [3.63, 3.8) is 0 Å². The minimum atomic E-state index is -0.109. The molecule has 0 aliphatic carbocycles. The first-order valence-corrected chi connectivity index (χ1v) is 9.06. The van der Waals surface area contributed by atoms with E-state index in [1.54, 1.807) is 0 Å². The van der Waals surface area contributed by atoms with Crippen molar-refractivity contribution >= 4 is 5.91 Å². The lowest BCUT2D eigenvalue weighted by atomic mass is 10.0. The number of benzene rings is 2. The van der Waals surface area contributed by atoms with Gasteiger partial charge in [0, 0.05) is 19.6 Å². The molecule has 0 unspecified atom stereocenters. The maximum absolute atomic E-state index is 12.3. The predicted molar refractivity (Wildman–Crippen MR) is 101 cm³/mol. The molecule has 1 atom stereocenters. The van der Waals surface area contributed by atoms with Gasteiger partial charge < -0.3 is 14.8 Å². The van der Waals surface area contributed by atoms with E-state index in [4.69, 9.17) is 9.47 Å². The van der Waals surface area contributed by atoms with Gasteiger partial charge in [-0.1, -0.05) is 48.5 Å². The number of para-hydroxylation sites is 1. The standard InChI is InChI=1S/C21H26N2O3/c1-17-7-5-6-10-20(17)26-16-21(24)22-15-19(18-8-3-2-4-9-18)23-11-13-25-14-12-23/h2-10,19H,11-16H2,1H3,(H,22,24)/t19-/m0/s1. The van der Waals surface area contributed by atoms with Crippen molar-refractivity contribution in [1.29, 1.82) is 0 Å². The molecule has 1 saturated heterocycles. The van der Waals surface area contributed by atoms with Crippen molar-refractivity contribution in [3.8, 4) is 5.75 Å². The topological polar surface area (TPSA) is 50.8 Å². The highest BCUT2D eigenvalue weighted by Crippen LogP contribution is 2.21. The Labute approximate surface area is 154 Å². The third-order valence-corrected chi connectivity index (χ3v) is 4.62. The molecule has 1 aliphatic heterocycles. The van der Waals surface area contributed by atoms with Crippen molar-refractivity contribution in [2.75, 3.05) is 39.5 Å². The van der Waals surface area contributed by atoms with Crippen LogP contribution in [-0.2, 0) is 9.53 Å². The van der Waals surface area contributed by atoms with Crippen molar-refractivity contribution in [2.45, 2.75) is 13.0 Å². The van der Waals surface area contributed by atoms with Gasteiger partial charge in [0.1, 0.15) is 5.75 Å². The van der Waals surface area contributed by atoms with E-state index in [-0.39, 0.29) is 18.6 Å². The molecule has 3 rings (SSSR count). The van der Waals surface area contributed by atoms with Crippen molar-refractivity contribution in [3.05, 3.63) is 65.7 Å². The fourth-order valence-electron chi connectivity index (χ4n) is 3.15. The van der Waals surface area contributed by atoms with Crippen LogP contribution in [0, 0.1) is 6.92 Å². The van der Waals surface area contributed by atoms with E-state index in [0.29, 0.717) is 6.54 Å². The van der Waals surface area contributed by atoms with Crippen LogP contribution in [0.2, 0.25) is 0 Å². The van der Waals surface area contributed by atoms with Gasteiger partial charge in [0.25, 0.3) is 5.91 Å². The van der Waals surface area contributed by atoms with Crippen molar-refractivity contribution in [2.24, 2.45) is 0 Å². The Morgan fingerprint density at radius 2 is 1.81 bits per heavy atom. The molecule has 0 radical (unpaired) electrons. The normalized spacial score (nSPS) is 16.0. The average Bonchev–Trinajstić information content (AvgIpc) is 2.69. The van der Waals surface area contributed by atoms with Crippen LogP contribution in [0.3, 0.4) is 0 Å². The van der Waals surface area contributed by atoms with Crippen LogP contribution in [0.15, 0.2) is 54.6 Å². The molecule has 138 valence electrons. The molecular formula is C21H26N2O3. The fraction of sp³-hybridized carbons (Fsp3) is 0.381. The van der Waals surface area contributed by atoms with E-state index >= 15 is 0 Å². The molecule has 1 N–H and O–H groups in total. The Kier molecular flexibility index (Phi) is 6.63. The summed E-state index contributed by atoms with van der Waals surface area (Å²) in [4.78, 5) is 14.6. The molecule has 1 aliphatic rings. The summed E-state index contributed by atoms with van der Waals surface area (Å²) in [5, 5.41) is 3.02. The quantitative estimate of drug-likeness (QED) is 0.830. The number of aryl methyl sites for hydroxylation is 1. The molecule has 2 aromatic rings. The second kappa shape index (κ2) is 9.36. The number of rotatable bonds is 7. The Hall–Kier alpha value is -2.37. The Balaban J connectivity index is 1.56. The molecule has 0 bridgehead atoms.